The monoisotopic (exact) mass is 304 g/mol. The summed E-state index contributed by atoms with van der Waals surface area (Å²) in [5.74, 6) is 1.80. The lowest BCUT2D eigenvalue weighted by atomic mass is 9.93. The molecule has 0 aromatic carbocycles. The van der Waals surface area contributed by atoms with Crippen LogP contribution in [0.15, 0.2) is 5.38 Å². The molecule has 0 amide bonds. The van der Waals surface area contributed by atoms with E-state index >= 15 is 0 Å². The summed E-state index contributed by atoms with van der Waals surface area (Å²) in [5.41, 5.74) is 3.43. The molecule has 2 aromatic rings. The zero-order valence-electron chi connectivity index (χ0n) is 13.7. The van der Waals surface area contributed by atoms with Crippen molar-refractivity contribution in [2.24, 2.45) is 0 Å². The van der Waals surface area contributed by atoms with Crippen LogP contribution >= 0.6 is 11.3 Å². The summed E-state index contributed by atoms with van der Waals surface area (Å²) in [6.45, 7) is 10.7. The van der Waals surface area contributed by atoms with Crippen LogP contribution in [0.5, 0.6) is 0 Å². The number of hydrogen-bond acceptors (Lipinski definition) is 5. The summed E-state index contributed by atoms with van der Waals surface area (Å²) in [5, 5.41) is 6.43. The molecular weight excluding hydrogens is 280 g/mol. The first kappa shape index (κ1) is 15.9. The number of anilines is 1. The van der Waals surface area contributed by atoms with Gasteiger partial charge in [-0.05, 0) is 6.92 Å². The summed E-state index contributed by atoms with van der Waals surface area (Å²) in [6.07, 6.45) is 1.61. The molecule has 0 aliphatic heterocycles. The van der Waals surface area contributed by atoms with Crippen molar-refractivity contribution in [3.05, 3.63) is 33.2 Å². The van der Waals surface area contributed by atoms with Crippen molar-refractivity contribution in [2.75, 3.05) is 12.4 Å². The first-order valence-corrected chi connectivity index (χ1v) is 8.22. The second kappa shape index (κ2) is 6.10. The Morgan fingerprint density at radius 3 is 2.43 bits per heavy atom. The van der Waals surface area contributed by atoms with Crippen molar-refractivity contribution in [3.63, 3.8) is 0 Å². The fraction of sp³-hybridized carbons (Fsp3) is 0.562. The van der Waals surface area contributed by atoms with Gasteiger partial charge in [0, 0.05) is 36.2 Å². The van der Waals surface area contributed by atoms with Gasteiger partial charge in [-0.1, -0.05) is 27.7 Å². The van der Waals surface area contributed by atoms with E-state index in [9.17, 15) is 0 Å². The quantitative estimate of drug-likeness (QED) is 0.935. The predicted octanol–water partition coefficient (Wildman–Crippen LogP) is 3.73. The van der Waals surface area contributed by atoms with Crippen molar-refractivity contribution in [1.82, 2.24) is 15.0 Å². The highest BCUT2D eigenvalue weighted by Crippen LogP contribution is 2.26. The van der Waals surface area contributed by atoms with Crippen LogP contribution in [-0.2, 0) is 18.3 Å². The van der Waals surface area contributed by atoms with Crippen molar-refractivity contribution < 1.29 is 0 Å². The Kier molecular flexibility index (Phi) is 4.61. The van der Waals surface area contributed by atoms with Crippen LogP contribution in [-0.4, -0.2) is 22.0 Å². The molecule has 2 heterocycles. The van der Waals surface area contributed by atoms with Crippen LogP contribution < -0.4 is 5.32 Å². The van der Waals surface area contributed by atoms with E-state index in [0.29, 0.717) is 0 Å². The summed E-state index contributed by atoms with van der Waals surface area (Å²) < 4.78 is 0. The van der Waals surface area contributed by atoms with Gasteiger partial charge in [-0.3, -0.25) is 0 Å². The molecule has 0 fully saturated rings. The fourth-order valence-electron chi connectivity index (χ4n) is 2.07. The summed E-state index contributed by atoms with van der Waals surface area (Å²) in [4.78, 5) is 14.0. The molecule has 2 aromatic heterocycles. The van der Waals surface area contributed by atoms with Crippen LogP contribution in [0.4, 0.5) is 5.82 Å². The van der Waals surface area contributed by atoms with E-state index in [0.717, 1.165) is 46.4 Å². The third-order valence-electron chi connectivity index (χ3n) is 3.48. The molecule has 4 nitrogen and oxygen atoms in total. The topological polar surface area (TPSA) is 50.7 Å². The highest BCUT2D eigenvalue weighted by atomic mass is 32.1. The fourth-order valence-corrected chi connectivity index (χ4v) is 3.09. The number of thiazole rings is 1. The van der Waals surface area contributed by atoms with Crippen LogP contribution in [0.1, 0.15) is 55.5 Å². The average molecular weight is 304 g/mol. The zero-order valence-corrected chi connectivity index (χ0v) is 14.6. The molecule has 0 aliphatic rings. The van der Waals surface area contributed by atoms with Gasteiger partial charge >= 0.3 is 0 Å². The first-order chi connectivity index (χ1) is 9.85. The number of nitrogens with one attached hydrogen (secondary N) is 1. The lowest BCUT2D eigenvalue weighted by molar-refractivity contribution is 0.571. The maximum atomic E-state index is 4.77. The highest BCUT2D eigenvalue weighted by Gasteiger charge is 2.18. The van der Waals surface area contributed by atoms with E-state index < -0.39 is 0 Å². The Morgan fingerprint density at radius 2 is 1.90 bits per heavy atom. The molecule has 5 heteroatoms. The Balaban J connectivity index is 2.33. The van der Waals surface area contributed by atoms with Crippen LogP contribution in [0.3, 0.4) is 0 Å². The molecule has 21 heavy (non-hydrogen) atoms. The maximum absolute atomic E-state index is 4.77. The minimum Gasteiger partial charge on any atom is -0.373 e. The highest BCUT2D eigenvalue weighted by molar-refractivity contribution is 7.09. The number of rotatable bonds is 4. The van der Waals surface area contributed by atoms with E-state index in [1.54, 1.807) is 11.3 Å². The minimum absolute atomic E-state index is 0.0974. The summed E-state index contributed by atoms with van der Waals surface area (Å²) >= 11 is 1.71. The number of nitrogens with zero attached hydrogens (tertiary/aromatic N) is 3. The standard InChI is InChI=1S/C16H24N4S/c1-7-13-18-11(10(2)15(17-6)20-13)8-14-19-12(9-21-14)16(3,4)5/h9H,7-8H2,1-6H3,(H,17,18,20). The van der Waals surface area contributed by atoms with Crippen LogP contribution in [0, 0.1) is 6.92 Å². The van der Waals surface area contributed by atoms with Gasteiger partial charge in [0.1, 0.15) is 11.6 Å². The molecule has 2 rings (SSSR count). The van der Waals surface area contributed by atoms with Crippen LogP contribution in [0.25, 0.3) is 0 Å². The number of aryl methyl sites for hydroxylation is 1. The molecule has 0 spiro atoms. The Hall–Kier alpha value is -1.49. The Labute approximate surface area is 131 Å². The van der Waals surface area contributed by atoms with Gasteiger partial charge in [-0.2, -0.15) is 0 Å². The lowest BCUT2D eigenvalue weighted by Crippen LogP contribution is -2.12. The molecular formula is C16H24N4S. The molecule has 0 saturated carbocycles. The van der Waals surface area contributed by atoms with Gasteiger partial charge in [0.25, 0.3) is 0 Å². The average Bonchev–Trinajstić information content (AvgIpc) is 2.89. The van der Waals surface area contributed by atoms with Crippen molar-refractivity contribution >= 4 is 17.2 Å². The number of aromatic nitrogens is 3. The van der Waals surface area contributed by atoms with Gasteiger partial charge in [0.15, 0.2) is 0 Å². The maximum Gasteiger partial charge on any atom is 0.132 e. The second-order valence-electron chi connectivity index (χ2n) is 6.22. The van der Waals surface area contributed by atoms with E-state index in [1.165, 1.54) is 0 Å². The van der Waals surface area contributed by atoms with E-state index in [2.05, 4.69) is 55.3 Å². The van der Waals surface area contributed by atoms with Gasteiger partial charge in [0.05, 0.1) is 16.4 Å². The zero-order chi connectivity index (χ0) is 15.6. The first-order valence-electron chi connectivity index (χ1n) is 7.34. The Morgan fingerprint density at radius 1 is 1.19 bits per heavy atom. The minimum atomic E-state index is 0.0974. The molecule has 0 radical (unpaired) electrons. The van der Waals surface area contributed by atoms with Gasteiger partial charge in [0.2, 0.25) is 0 Å². The molecule has 1 N–H and O–H groups in total. The van der Waals surface area contributed by atoms with Gasteiger partial charge < -0.3 is 5.32 Å². The number of hydrogen-bond donors (Lipinski definition) is 1. The third kappa shape index (κ3) is 3.59. The summed E-state index contributed by atoms with van der Waals surface area (Å²) in [6, 6.07) is 0. The molecule has 114 valence electrons. The van der Waals surface area contributed by atoms with Crippen molar-refractivity contribution in [1.29, 1.82) is 0 Å². The normalized spacial score (nSPS) is 11.7. The predicted molar refractivity (Wildman–Crippen MR) is 89.3 cm³/mol. The molecule has 0 saturated heterocycles. The van der Waals surface area contributed by atoms with Crippen LogP contribution in [0.2, 0.25) is 0 Å². The van der Waals surface area contributed by atoms with E-state index in [4.69, 9.17) is 4.98 Å². The van der Waals surface area contributed by atoms with Gasteiger partial charge in [-0.25, -0.2) is 15.0 Å². The van der Waals surface area contributed by atoms with E-state index in [1.807, 2.05) is 7.05 Å². The smallest absolute Gasteiger partial charge is 0.132 e. The van der Waals surface area contributed by atoms with E-state index in [-0.39, 0.29) is 5.41 Å². The third-order valence-corrected chi connectivity index (χ3v) is 4.33. The largest absolute Gasteiger partial charge is 0.373 e. The van der Waals surface area contributed by atoms with Gasteiger partial charge in [-0.15, -0.1) is 11.3 Å². The molecule has 0 aliphatic carbocycles. The van der Waals surface area contributed by atoms with Crippen molar-refractivity contribution in [2.45, 2.75) is 52.9 Å². The molecule has 0 unspecified atom stereocenters. The van der Waals surface area contributed by atoms with Crippen molar-refractivity contribution in [3.8, 4) is 0 Å². The SMILES string of the molecule is CCc1nc(Cc2nc(C(C)(C)C)cs2)c(C)c(NC)n1. The Bertz CT molecular complexity index is 626. The molecule has 0 bridgehead atoms. The summed E-state index contributed by atoms with van der Waals surface area (Å²) in [7, 11) is 1.90. The molecule has 0 atom stereocenters. The second-order valence-corrected chi connectivity index (χ2v) is 7.16. The lowest BCUT2D eigenvalue weighted by Gasteiger charge is -2.14.